The number of esters is 1. The summed E-state index contributed by atoms with van der Waals surface area (Å²) in [4.78, 5) is 11.0. The molecule has 2 saturated heterocycles. The van der Waals surface area contributed by atoms with Gasteiger partial charge in [0.15, 0.2) is 0 Å². The van der Waals surface area contributed by atoms with Crippen LogP contribution in [0.4, 0.5) is 0 Å². The van der Waals surface area contributed by atoms with Crippen molar-refractivity contribution < 1.29 is 9.53 Å². The Hall–Kier alpha value is -0.280. The highest BCUT2D eigenvalue weighted by molar-refractivity contribution is 5.85. The number of carbonyl (C=O) groups is 1. The summed E-state index contributed by atoms with van der Waals surface area (Å²) in [6, 6.07) is 0.428. The van der Waals surface area contributed by atoms with Gasteiger partial charge >= 0.3 is 5.97 Å². The molecular formula is C7H12ClNO2. The lowest BCUT2D eigenvalue weighted by Gasteiger charge is -2.31. The zero-order valence-corrected chi connectivity index (χ0v) is 7.19. The second kappa shape index (κ2) is 2.99. The molecule has 1 saturated carbocycles. The van der Waals surface area contributed by atoms with Crippen LogP contribution in [-0.4, -0.2) is 25.7 Å². The number of nitrogens with one attached hydrogen (secondary N) is 1. The molecule has 0 aromatic rings. The van der Waals surface area contributed by atoms with Crippen molar-refractivity contribution in [1.29, 1.82) is 0 Å². The molecule has 0 unspecified atom stereocenters. The number of methoxy groups -OCH3 is 1. The average molecular weight is 178 g/mol. The maximum atomic E-state index is 11.0. The predicted molar refractivity (Wildman–Crippen MR) is 42.7 cm³/mol. The first-order chi connectivity index (χ1) is 4.83. The normalized spacial score (nSPS) is 38.8. The van der Waals surface area contributed by atoms with Gasteiger partial charge in [-0.25, -0.2) is 0 Å². The van der Waals surface area contributed by atoms with Crippen molar-refractivity contribution in [2.45, 2.75) is 12.5 Å². The van der Waals surface area contributed by atoms with Gasteiger partial charge < -0.3 is 10.1 Å². The topological polar surface area (TPSA) is 38.3 Å². The molecule has 2 heterocycles. The highest BCUT2D eigenvalue weighted by atomic mass is 35.5. The van der Waals surface area contributed by atoms with Crippen molar-refractivity contribution in [2.24, 2.45) is 11.8 Å². The van der Waals surface area contributed by atoms with Crippen molar-refractivity contribution in [3.8, 4) is 0 Å². The summed E-state index contributed by atoms with van der Waals surface area (Å²) in [6.45, 7) is 1.00. The maximum Gasteiger partial charge on any atom is 0.310 e. The van der Waals surface area contributed by atoms with Gasteiger partial charge in [-0.2, -0.15) is 0 Å². The van der Waals surface area contributed by atoms with Gasteiger partial charge in [-0.1, -0.05) is 0 Å². The summed E-state index contributed by atoms with van der Waals surface area (Å²) in [5.74, 6) is 0.702. The van der Waals surface area contributed by atoms with Crippen LogP contribution in [0.2, 0.25) is 0 Å². The summed E-state index contributed by atoms with van der Waals surface area (Å²) in [5.41, 5.74) is 0. The fourth-order valence-corrected chi connectivity index (χ4v) is 1.97. The SMILES string of the molecule is COC(=O)[C@@H]1[C@@H]2CN[C@H]1C2.Cl. The average Bonchev–Trinajstić information content (AvgIpc) is 2.44. The van der Waals surface area contributed by atoms with Crippen LogP contribution in [0.15, 0.2) is 0 Å². The second-order valence-corrected chi connectivity index (χ2v) is 3.06. The van der Waals surface area contributed by atoms with E-state index in [1.807, 2.05) is 0 Å². The van der Waals surface area contributed by atoms with E-state index in [0.717, 1.165) is 6.54 Å². The molecule has 0 radical (unpaired) electrons. The summed E-state index contributed by atoms with van der Waals surface area (Å²) < 4.78 is 4.66. The molecule has 64 valence electrons. The van der Waals surface area contributed by atoms with Gasteiger partial charge in [0.1, 0.15) is 0 Å². The smallest absolute Gasteiger partial charge is 0.310 e. The number of hydrogen-bond donors (Lipinski definition) is 1. The largest absolute Gasteiger partial charge is 0.469 e. The number of ether oxygens (including phenoxy) is 1. The summed E-state index contributed by atoms with van der Waals surface area (Å²) in [6.07, 6.45) is 1.17. The number of fused-ring (bicyclic) bond motifs is 1. The van der Waals surface area contributed by atoms with Crippen LogP contribution in [0, 0.1) is 11.8 Å². The van der Waals surface area contributed by atoms with E-state index < -0.39 is 0 Å². The molecule has 3 aliphatic rings. The van der Waals surface area contributed by atoms with Gasteiger partial charge in [0.05, 0.1) is 13.0 Å². The van der Waals surface area contributed by atoms with Crippen LogP contribution in [-0.2, 0) is 9.53 Å². The fourth-order valence-electron chi connectivity index (χ4n) is 1.97. The van der Waals surface area contributed by atoms with Gasteiger partial charge in [-0.3, -0.25) is 4.79 Å². The molecular weight excluding hydrogens is 166 g/mol. The van der Waals surface area contributed by atoms with E-state index in [1.165, 1.54) is 13.5 Å². The molecule has 4 heteroatoms. The minimum atomic E-state index is -0.0359. The fraction of sp³-hybridized carbons (Fsp3) is 0.857. The Labute approximate surface area is 71.9 Å². The van der Waals surface area contributed by atoms with Crippen LogP contribution < -0.4 is 5.32 Å². The molecule has 3 rings (SSSR count). The van der Waals surface area contributed by atoms with Gasteiger partial charge in [0.25, 0.3) is 0 Å². The van der Waals surface area contributed by atoms with E-state index in [4.69, 9.17) is 0 Å². The van der Waals surface area contributed by atoms with E-state index in [-0.39, 0.29) is 24.3 Å². The summed E-state index contributed by atoms with van der Waals surface area (Å²) in [7, 11) is 1.46. The molecule has 1 N–H and O–H groups in total. The molecule has 2 aliphatic heterocycles. The van der Waals surface area contributed by atoms with Crippen molar-refractivity contribution in [1.82, 2.24) is 5.32 Å². The minimum absolute atomic E-state index is 0. The Morgan fingerprint density at radius 2 is 2.36 bits per heavy atom. The van der Waals surface area contributed by atoms with Gasteiger partial charge in [0, 0.05) is 6.04 Å². The molecule has 3 atom stereocenters. The standard InChI is InChI=1S/C7H11NO2.ClH/c1-10-7(9)6-4-2-5(6)8-3-4;/h4-6,8H,2-3H2,1H3;1H/t4-,5-,6+;/m0./s1. The van der Waals surface area contributed by atoms with Crippen molar-refractivity contribution in [3.63, 3.8) is 0 Å². The van der Waals surface area contributed by atoms with Crippen LogP contribution in [0.1, 0.15) is 6.42 Å². The van der Waals surface area contributed by atoms with E-state index in [1.54, 1.807) is 0 Å². The van der Waals surface area contributed by atoms with E-state index in [0.29, 0.717) is 12.0 Å². The molecule has 11 heavy (non-hydrogen) atoms. The molecule has 1 aliphatic carbocycles. The highest BCUT2D eigenvalue weighted by Gasteiger charge is 2.51. The monoisotopic (exact) mass is 177 g/mol. The van der Waals surface area contributed by atoms with Gasteiger partial charge in [0.2, 0.25) is 0 Å². The van der Waals surface area contributed by atoms with Crippen molar-refractivity contribution in [2.75, 3.05) is 13.7 Å². The van der Waals surface area contributed by atoms with Crippen LogP contribution in [0.5, 0.6) is 0 Å². The molecule has 3 nitrogen and oxygen atoms in total. The van der Waals surface area contributed by atoms with E-state index in [2.05, 4.69) is 10.1 Å². The lowest BCUT2D eigenvalue weighted by molar-refractivity contribution is -0.150. The molecule has 0 aromatic heterocycles. The number of rotatable bonds is 1. The lowest BCUT2D eigenvalue weighted by atomic mass is 9.74. The third-order valence-corrected chi connectivity index (χ3v) is 2.61. The Kier molecular flexibility index (Phi) is 2.40. The van der Waals surface area contributed by atoms with Crippen molar-refractivity contribution >= 4 is 18.4 Å². The number of carbonyl (C=O) groups excluding carboxylic acids is 1. The summed E-state index contributed by atoms with van der Waals surface area (Å²) in [5, 5.41) is 3.26. The Balaban J connectivity index is 0.000000605. The molecule has 0 spiro atoms. The Morgan fingerprint density at radius 1 is 1.64 bits per heavy atom. The molecule has 2 bridgehead atoms. The van der Waals surface area contributed by atoms with Crippen LogP contribution in [0.3, 0.4) is 0 Å². The maximum absolute atomic E-state index is 11.0. The van der Waals surface area contributed by atoms with Crippen molar-refractivity contribution in [3.05, 3.63) is 0 Å². The lowest BCUT2D eigenvalue weighted by Crippen LogP contribution is -2.42. The quantitative estimate of drug-likeness (QED) is 0.582. The molecule has 3 fully saturated rings. The summed E-state index contributed by atoms with van der Waals surface area (Å²) >= 11 is 0. The van der Waals surface area contributed by atoms with Gasteiger partial charge in [-0.05, 0) is 18.9 Å². The zero-order chi connectivity index (χ0) is 7.14. The Morgan fingerprint density at radius 3 is 2.73 bits per heavy atom. The van der Waals surface area contributed by atoms with Crippen LogP contribution >= 0.6 is 12.4 Å². The zero-order valence-electron chi connectivity index (χ0n) is 6.37. The molecule has 0 amide bonds. The van der Waals surface area contributed by atoms with E-state index >= 15 is 0 Å². The van der Waals surface area contributed by atoms with Crippen LogP contribution in [0.25, 0.3) is 0 Å². The first-order valence-corrected chi connectivity index (χ1v) is 3.64. The third kappa shape index (κ3) is 1.12. The molecule has 0 aromatic carbocycles. The first-order valence-electron chi connectivity index (χ1n) is 3.64. The number of halogens is 1. The number of hydrogen-bond acceptors (Lipinski definition) is 3. The Bertz CT molecular complexity index is 160. The first kappa shape index (κ1) is 8.81. The minimum Gasteiger partial charge on any atom is -0.469 e. The third-order valence-electron chi connectivity index (χ3n) is 2.61. The van der Waals surface area contributed by atoms with E-state index in [9.17, 15) is 4.79 Å². The second-order valence-electron chi connectivity index (χ2n) is 3.06. The van der Waals surface area contributed by atoms with Gasteiger partial charge in [-0.15, -0.1) is 12.4 Å². The highest BCUT2D eigenvalue weighted by Crippen LogP contribution is 2.40. The predicted octanol–water partition coefficient (Wildman–Crippen LogP) is 0.189.